The summed E-state index contributed by atoms with van der Waals surface area (Å²) in [6.45, 7) is 0.667. The maximum Gasteiger partial charge on any atom is 0.0582 e. The number of nitrogens with zero attached hydrogens (tertiary/aromatic N) is 2. The van der Waals surface area contributed by atoms with E-state index in [0.717, 1.165) is 0 Å². The highest BCUT2D eigenvalue weighted by atomic mass is 16.8. The summed E-state index contributed by atoms with van der Waals surface area (Å²) in [4.78, 5) is 5.24. The van der Waals surface area contributed by atoms with Gasteiger partial charge in [-0.15, -0.1) is 0 Å². The van der Waals surface area contributed by atoms with Crippen molar-refractivity contribution in [2.45, 2.75) is 0 Å². The predicted octanol–water partition coefficient (Wildman–Crippen LogP) is -2.59. The Hall–Kier alpha value is -0.280. The molecule has 0 aromatic rings. The summed E-state index contributed by atoms with van der Waals surface area (Å²) >= 11 is 0. The Bertz CT molecular complexity index is 112. The molecule has 0 bridgehead atoms. The smallest absolute Gasteiger partial charge is 0.0582 e. The van der Waals surface area contributed by atoms with Crippen molar-refractivity contribution >= 4 is 0 Å². The third-order valence-corrected chi connectivity index (χ3v) is 1.63. The summed E-state index contributed by atoms with van der Waals surface area (Å²) in [5.74, 6) is 0. The minimum absolute atomic E-state index is 0.0912. The molecule has 0 aliphatic rings. The van der Waals surface area contributed by atoms with E-state index in [9.17, 15) is 0 Å². The van der Waals surface area contributed by atoms with Crippen LogP contribution in [-0.4, -0.2) is 83.2 Å². The standard InChI is InChI=1S/C8H20N2O5/c11-5-1-9(2-6-12)15-10(3-7-13)4-8-14/h11-14H,1-8H2. The normalized spacial score (nSPS) is 11.6. The molecule has 4 N–H and O–H groups in total. The number of hydrogen-bond donors (Lipinski definition) is 4. The van der Waals surface area contributed by atoms with Gasteiger partial charge in [0.2, 0.25) is 0 Å². The highest BCUT2D eigenvalue weighted by Gasteiger charge is 2.10. The quantitative estimate of drug-likeness (QED) is 0.302. The fraction of sp³-hybridized carbons (Fsp3) is 1.00. The van der Waals surface area contributed by atoms with Crippen molar-refractivity contribution in [2.24, 2.45) is 0 Å². The number of hydrogen-bond acceptors (Lipinski definition) is 7. The molecule has 0 aliphatic carbocycles. The summed E-state index contributed by atoms with van der Waals surface area (Å²) in [5, 5.41) is 37.6. The van der Waals surface area contributed by atoms with Crippen LogP contribution in [0.1, 0.15) is 0 Å². The van der Waals surface area contributed by atoms with Gasteiger partial charge >= 0.3 is 0 Å². The van der Waals surface area contributed by atoms with Crippen LogP contribution >= 0.6 is 0 Å². The van der Waals surface area contributed by atoms with E-state index < -0.39 is 0 Å². The van der Waals surface area contributed by atoms with Crippen molar-refractivity contribution in [3.63, 3.8) is 0 Å². The molecule has 0 aromatic heterocycles. The van der Waals surface area contributed by atoms with Gasteiger partial charge in [-0.25, -0.2) is 4.94 Å². The van der Waals surface area contributed by atoms with E-state index in [-0.39, 0.29) is 52.6 Å². The van der Waals surface area contributed by atoms with Crippen molar-refractivity contribution in [3.8, 4) is 0 Å². The van der Waals surface area contributed by atoms with Crippen molar-refractivity contribution in [3.05, 3.63) is 0 Å². The highest BCUT2D eigenvalue weighted by molar-refractivity contribution is 4.46. The zero-order valence-corrected chi connectivity index (χ0v) is 8.75. The fourth-order valence-electron chi connectivity index (χ4n) is 0.996. The van der Waals surface area contributed by atoms with E-state index in [4.69, 9.17) is 25.4 Å². The second-order valence-electron chi connectivity index (χ2n) is 2.83. The van der Waals surface area contributed by atoms with Crippen LogP contribution < -0.4 is 0 Å². The molecule has 0 aromatic carbocycles. The molecule has 15 heavy (non-hydrogen) atoms. The molecule has 0 unspecified atom stereocenters. The van der Waals surface area contributed by atoms with E-state index >= 15 is 0 Å². The van der Waals surface area contributed by atoms with Crippen LogP contribution in [0.5, 0.6) is 0 Å². The Morgan fingerprint density at radius 1 is 0.600 bits per heavy atom. The van der Waals surface area contributed by atoms with Gasteiger partial charge in [0.1, 0.15) is 0 Å². The van der Waals surface area contributed by atoms with Crippen LogP contribution in [0.25, 0.3) is 0 Å². The Morgan fingerprint density at radius 3 is 1.07 bits per heavy atom. The molecule has 0 heterocycles. The van der Waals surface area contributed by atoms with Crippen molar-refractivity contribution in [1.82, 2.24) is 10.1 Å². The first-order valence-corrected chi connectivity index (χ1v) is 4.89. The molecule has 0 saturated carbocycles. The van der Waals surface area contributed by atoms with Gasteiger partial charge in [-0.2, -0.15) is 10.1 Å². The molecule has 7 heteroatoms. The van der Waals surface area contributed by atoms with Crippen LogP contribution in [0.3, 0.4) is 0 Å². The lowest BCUT2D eigenvalue weighted by Gasteiger charge is -2.27. The first kappa shape index (κ1) is 14.7. The molecule has 0 amide bonds. The summed E-state index contributed by atoms with van der Waals surface area (Å²) in [5.41, 5.74) is 0. The maximum atomic E-state index is 8.72. The van der Waals surface area contributed by atoms with Crippen LogP contribution in [0.4, 0.5) is 0 Å². The number of hydroxylamine groups is 4. The van der Waals surface area contributed by atoms with E-state index in [0.29, 0.717) is 0 Å². The van der Waals surface area contributed by atoms with Crippen LogP contribution in [0.15, 0.2) is 0 Å². The number of aliphatic hydroxyl groups is 4. The van der Waals surface area contributed by atoms with Gasteiger partial charge < -0.3 is 20.4 Å². The second kappa shape index (κ2) is 10.2. The molecule has 0 saturated heterocycles. The van der Waals surface area contributed by atoms with Crippen LogP contribution in [0.2, 0.25) is 0 Å². The average molecular weight is 224 g/mol. The summed E-state index contributed by atoms with van der Waals surface area (Å²) < 4.78 is 0. The fourth-order valence-corrected chi connectivity index (χ4v) is 0.996. The van der Waals surface area contributed by atoms with Gasteiger partial charge in [0.15, 0.2) is 0 Å². The molecular formula is C8H20N2O5. The molecule has 0 aliphatic heterocycles. The zero-order chi connectivity index (χ0) is 11.5. The summed E-state index contributed by atoms with van der Waals surface area (Å²) in [6.07, 6.45) is 0. The Morgan fingerprint density at radius 2 is 0.867 bits per heavy atom. The lowest BCUT2D eigenvalue weighted by atomic mass is 10.6. The maximum absolute atomic E-state index is 8.72. The van der Waals surface area contributed by atoms with Crippen LogP contribution in [0, 0.1) is 0 Å². The molecule has 0 atom stereocenters. The van der Waals surface area contributed by atoms with Gasteiger partial charge in [-0.3, -0.25) is 0 Å². The lowest BCUT2D eigenvalue weighted by molar-refractivity contribution is -0.331. The third kappa shape index (κ3) is 7.63. The molecular weight excluding hydrogens is 204 g/mol. The van der Waals surface area contributed by atoms with E-state index in [2.05, 4.69) is 0 Å². The topological polar surface area (TPSA) is 96.6 Å². The molecule has 0 fully saturated rings. The summed E-state index contributed by atoms with van der Waals surface area (Å²) in [6, 6.07) is 0. The Balaban J connectivity index is 3.93. The van der Waals surface area contributed by atoms with Gasteiger partial charge in [0.05, 0.1) is 26.4 Å². The van der Waals surface area contributed by atoms with Gasteiger partial charge in [-0.05, 0) is 0 Å². The Labute approximate surface area is 89.0 Å². The third-order valence-electron chi connectivity index (χ3n) is 1.63. The van der Waals surface area contributed by atoms with E-state index in [1.807, 2.05) is 0 Å². The SMILES string of the molecule is OCCN(CCO)ON(CCO)CCO. The predicted molar refractivity (Wildman–Crippen MR) is 52.6 cm³/mol. The average Bonchev–Trinajstić information content (AvgIpc) is 2.19. The minimum Gasteiger partial charge on any atom is -0.395 e. The number of rotatable bonds is 10. The van der Waals surface area contributed by atoms with Gasteiger partial charge in [-0.1, -0.05) is 0 Å². The summed E-state index contributed by atoms with van der Waals surface area (Å²) in [7, 11) is 0. The minimum atomic E-state index is -0.0912. The van der Waals surface area contributed by atoms with E-state index in [1.165, 1.54) is 10.1 Å². The second-order valence-corrected chi connectivity index (χ2v) is 2.83. The first-order valence-electron chi connectivity index (χ1n) is 4.89. The molecule has 92 valence electrons. The van der Waals surface area contributed by atoms with Gasteiger partial charge in [0.25, 0.3) is 0 Å². The first-order chi connectivity index (χ1) is 7.28. The molecule has 0 radical (unpaired) electrons. The highest BCUT2D eigenvalue weighted by Crippen LogP contribution is 1.96. The van der Waals surface area contributed by atoms with Crippen molar-refractivity contribution < 1.29 is 25.4 Å². The molecule has 0 rings (SSSR count). The molecule has 0 spiro atoms. The number of aliphatic hydroxyl groups excluding tert-OH is 4. The van der Waals surface area contributed by atoms with E-state index in [1.54, 1.807) is 0 Å². The Kier molecular flexibility index (Phi) is 10.1. The molecule has 7 nitrogen and oxygen atoms in total. The monoisotopic (exact) mass is 224 g/mol. The zero-order valence-electron chi connectivity index (χ0n) is 8.75. The van der Waals surface area contributed by atoms with Crippen molar-refractivity contribution in [2.75, 3.05) is 52.6 Å². The lowest BCUT2D eigenvalue weighted by Crippen LogP contribution is -2.40. The van der Waals surface area contributed by atoms with Crippen molar-refractivity contribution in [1.29, 1.82) is 0 Å². The largest absolute Gasteiger partial charge is 0.395 e. The van der Waals surface area contributed by atoms with Crippen LogP contribution in [-0.2, 0) is 4.94 Å². The van der Waals surface area contributed by atoms with Gasteiger partial charge in [0, 0.05) is 26.2 Å².